The molecular weight excluding hydrogens is 302 g/mol. The van der Waals surface area contributed by atoms with Crippen LogP contribution in [0.15, 0.2) is 12.3 Å². The van der Waals surface area contributed by atoms with Crippen molar-refractivity contribution < 1.29 is 0 Å². The van der Waals surface area contributed by atoms with Crippen molar-refractivity contribution in [2.24, 2.45) is 7.05 Å². The van der Waals surface area contributed by atoms with Crippen LogP contribution in [-0.2, 0) is 19.9 Å². The van der Waals surface area contributed by atoms with Crippen LogP contribution < -0.4 is 5.32 Å². The molecule has 0 aromatic carbocycles. The Labute approximate surface area is 135 Å². The van der Waals surface area contributed by atoms with Crippen molar-refractivity contribution in [3.63, 3.8) is 0 Å². The van der Waals surface area contributed by atoms with Gasteiger partial charge in [-0.1, -0.05) is 24.9 Å². The zero-order chi connectivity index (χ0) is 14.8. The molecule has 5 heteroatoms. The van der Waals surface area contributed by atoms with Crippen LogP contribution >= 0.6 is 22.9 Å². The standard InChI is InChI=1S/C16H22ClN3S/c1-3-18-15(16-12(17)10-19-20(16)2)14-9-11-7-5-4-6-8-13(11)21-14/h9-10,15,18H,3-8H2,1-2H3. The van der Waals surface area contributed by atoms with Gasteiger partial charge in [0.15, 0.2) is 0 Å². The van der Waals surface area contributed by atoms with E-state index in [1.807, 2.05) is 23.1 Å². The predicted molar refractivity (Wildman–Crippen MR) is 89.3 cm³/mol. The highest BCUT2D eigenvalue weighted by Gasteiger charge is 2.24. The fraction of sp³-hybridized carbons (Fsp3) is 0.562. The minimum absolute atomic E-state index is 0.145. The molecule has 2 heterocycles. The molecule has 0 spiro atoms. The normalized spacial score (nSPS) is 16.5. The van der Waals surface area contributed by atoms with Gasteiger partial charge in [-0.2, -0.15) is 5.10 Å². The molecule has 2 aromatic rings. The highest BCUT2D eigenvalue weighted by Crippen LogP contribution is 2.36. The van der Waals surface area contributed by atoms with Gasteiger partial charge in [0.05, 0.1) is 23.0 Å². The molecule has 0 radical (unpaired) electrons. The number of rotatable bonds is 4. The van der Waals surface area contributed by atoms with E-state index in [4.69, 9.17) is 11.6 Å². The summed E-state index contributed by atoms with van der Waals surface area (Å²) in [4.78, 5) is 2.94. The van der Waals surface area contributed by atoms with Crippen molar-refractivity contribution in [1.82, 2.24) is 15.1 Å². The number of fused-ring (bicyclic) bond motifs is 1. The molecule has 0 bridgehead atoms. The summed E-state index contributed by atoms with van der Waals surface area (Å²) in [5.41, 5.74) is 2.61. The van der Waals surface area contributed by atoms with Crippen LogP contribution in [0.4, 0.5) is 0 Å². The SMILES string of the molecule is CCNC(c1cc2c(s1)CCCCC2)c1c(Cl)cnn1C. The van der Waals surface area contributed by atoms with Crippen LogP contribution in [-0.4, -0.2) is 16.3 Å². The number of thiophene rings is 1. The largest absolute Gasteiger partial charge is 0.305 e. The number of aryl methyl sites for hydroxylation is 3. The summed E-state index contributed by atoms with van der Waals surface area (Å²) >= 11 is 8.31. The Morgan fingerprint density at radius 1 is 1.38 bits per heavy atom. The van der Waals surface area contributed by atoms with Crippen molar-refractivity contribution in [2.75, 3.05) is 6.54 Å². The minimum atomic E-state index is 0.145. The van der Waals surface area contributed by atoms with Crippen LogP contribution in [0.25, 0.3) is 0 Å². The van der Waals surface area contributed by atoms with E-state index in [0.29, 0.717) is 0 Å². The van der Waals surface area contributed by atoms with Gasteiger partial charge in [-0.05, 0) is 43.9 Å². The first-order valence-electron chi connectivity index (χ1n) is 7.73. The van der Waals surface area contributed by atoms with Crippen molar-refractivity contribution in [3.8, 4) is 0 Å². The van der Waals surface area contributed by atoms with Gasteiger partial charge in [-0.3, -0.25) is 4.68 Å². The second-order valence-corrected chi connectivity index (χ2v) is 7.23. The van der Waals surface area contributed by atoms with Gasteiger partial charge in [0.1, 0.15) is 0 Å². The van der Waals surface area contributed by atoms with Gasteiger partial charge in [0.25, 0.3) is 0 Å². The first-order valence-corrected chi connectivity index (χ1v) is 8.92. The molecular formula is C16H22ClN3S. The van der Waals surface area contributed by atoms with E-state index in [1.54, 1.807) is 16.6 Å². The smallest absolute Gasteiger partial charge is 0.0857 e. The second kappa shape index (κ2) is 6.51. The van der Waals surface area contributed by atoms with Gasteiger partial charge in [0, 0.05) is 16.8 Å². The van der Waals surface area contributed by atoms with E-state index in [1.165, 1.54) is 37.0 Å². The van der Waals surface area contributed by atoms with Crippen LogP contribution in [0.2, 0.25) is 5.02 Å². The van der Waals surface area contributed by atoms with Crippen molar-refractivity contribution in [3.05, 3.63) is 38.3 Å². The fourth-order valence-corrected chi connectivity index (χ4v) is 4.73. The maximum Gasteiger partial charge on any atom is 0.0857 e. The summed E-state index contributed by atoms with van der Waals surface area (Å²) in [6, 6.07) is 2.54. The fourth-order valence-electron chi connectivity index (χ4n) is 3.11. The molecule has 1 aliphatic rings. The van der Waals surface area contributed by atoms with Crippen LogP contribution in [0.1, 0.15) is 53.2 Å². The summed E-state index contributed by atoms with van der Waals surface area (Å²) in [7, 11) is 1.96. The summed E-state index contributed by atoms with van der Waals surface area (Å²) in [6.07, 6.45) is 8.20. The quantitative estimate of drug-likeness (QED) is 0.858. The van der Waals surface area contributed by atoms with E-state index < -0.39 is 0 Å². The minimum Gasteiger partial charge on any atom is -0.305 e. The van der Waals surface area contributed by atoms with Crippen LogP contribution in [0.3, 0.4) is 0 Å². The number of nitrogens with zero attached hydrogens (tertiary/aromatic N) is 2. The Bertz CT molecular complexity index is 574. The van der Waals surface area contributed by atoms with E-state index >= 15 is 0 Å². The summed E-state index contributed by atoms with van der Waals surface area (Å²) < 4.78 is 1.89. The maximum atomic E-state index is 6.36. The lowest BCUT2D eigenvalue weighted by atomic mass is 10.1. The van der Waals surface area contributed by atoms with Crippen molar-refractivity contribution in [2.45, 2.75) is 45.1 Å². The highest BCUT2D eigenvalue weighted by atomic mass is 35.5. The third kappa shape index (κ3) is 3.03. The molecule has 0 saturated heterocycles. The second-order valence-electron chi connectivity index (χ2n) is 5.65. The Kier molecular flexibility index (Phi) is 4.67. The molecule has 0 amide bonds. The van der Waals surface area contributed by atoms with E-state index in [2.05, 4.69) is 23.4 Å². The van der Waals surface area contributed by atoms with E-state index in [0.717, 1.165) is 17.3 Å². The number of hydrogen-bond acceptors (Lipinski definition) is 3. The Balaban J connectivity index is 1.98. The Morgan fingerprint density at radius 3 is 2.90 bits per heavy atom. The lowest BCUT2D eigenvalue weighted by Crippen LogP contribution is -2.23. The topological polar surface area (TPSA) is 29.9 Å². The van der Waals surface area contributed by atoms with E-state index in [-0.39, 0.29) is 6.04 Å². The zero-order valence-electron chi connectivity index (χ0n) is 12.7. The van der Waals surface area contributed by atoms with Gasteiger partial charge in [0.2, 0.25) is 0 Å². The summed E-state index contributed by atoms with van der Waals surface area (Å²) in [5.74, 6) is 0. The lowest BCUT2D eigenvalue weighted by molar-refractivity contribution is 0.579. The predicted octanol–water partition coefficient (Wildman–Crippen LogP) is 4.10. The number of hydrogen-bond donors (Lipinski definition) is 1. The summed E-state index contributed by atoms with van der Waals surface area (Å²) in [5, 5.41) is 8.61. The Morgan fingerprint density at radius 2 is 2.19 bits per heavy atom. The third-order valence-corrected chi connectivity index (χ3v) is 5.76. The van der Waals surface area contributed by atoms with Gasteiger partial charge >= 0.3 is 0 Å². The molecule has 3 nitrogen and oxygen atoms in total. The summed E-state index contributed by atoms with van der Waals surface area (Å²) in [6.45, 7) is 3.05. The average molecular weight is 324 g/mol. The third-order valence-electron chi connectivity index (χ3n) is 4.17. The molecule has 3 rings (SSSR count). The molecule has 114 valence electrons. The Hall–Kier alpha value is -0.840. The molecule has 0 aliphatic heterocycles. The molecule has 1 aliphatic carbocycles. The van der Waals surface area contributed by atoms with Crippen LogP contribution in [0, 0.1) is 0 Å². The van der Waals surface area contributed by atoms with Crippen molar-refractivity contribution >= 4 is 22.9 Å². The van der Waals surface area contributed by atoms with Crippen LogP contribution in [0.5, 0.6) is 0 Å². The monoisotopic (exact) mass is 323 g/mol. The van der Waals surface area contributed by atoms with Gasteiger partial charge in [-0.25, -0.2) is 0 Å². The maximum absolute atomic E-state index is 6.36. The average Bonchev–Trinajstić information content (AvgIpc) is 2.94. The molecule has 21 heavy (non-hydrogen) atoms. The number of aromatic nitrogens is 2. The number of nitrogens with one attached hydrogen (secondary N) is 1. The van der Waals surface area contributed by atoms with Crippen molar-refractivity contribution in [1.29, 1.82) is 0 Å². The van der Waals surface area contributed by atoms with E-state index in [9.17, 15) is 0 Å². The molecule has 1 unspecified atom stereocenters. The molecule has 0 fully saturated rings. The highest BCUT2D eigenvalue weighted by molar-refractivity contribution is 7.12. The molecule has 2 aromatic heterocycles. The number of halogens is 1. The molecule has 1 atom stereocenters. The zero-order valence-corrected chi connectivity index (χ0v) is 14.2. The first-order chi connectivity index (χ1) is 10.2. The lowest BCUT2D eigenvalue weighted by Gasteiger charge is -2.17. The van der Waals surface area contributed by atoms with Gasteiger partial charge < -0.3 is 5.32 Å². The molecule has 1 N–H and O–H groups in total. The molecule has 0 saturated carbocycles. The first kappa shape index (κ1) is 15.1. The van der Waals surface area contributed by atoms with Gasteiger partial charge in [-0.15, -0.1) is 11.3 Å².